The molecule has 92 valence electrons. The molecule has 1 amide bonds. The van der Waals surface area contributed by atoms with E-state index in [0.717, 1.165) is 17.1 Å². The summed E-state index contributed by atoms with van der Waals surface area (Å²) in [6.07, 6.45) is 0. The molecule has 2 rings (SSSR count). The molecule has 0 saturated heterocycles. The van der Waals surface area contributed by atoms with Crippen molar-refractivity contribution in [2.45, 2.75) is 13.5 Å². The predicted octanol–water partition coefficient (Wildman–Crippen LogP) is 2.16. The van der Waals surface area contributed by atoms with E-state index in [0.29, 0.717) is 18.4 Å². The highest BCUT2D eigenvalue weighted by Gasteiger charge is 2.15. The summed E-state index contributed by atoms with van der Waals surface area (Å²) < 4.78 is 10.5. The van der Waals surface area contributed by atoms with E-state index in [1.54, 1.807) is 4.90 Å². The maximum absolute atomic E-state index is 11.6. The second-order valence-electron chi connectivity index (χ2n) is 3.73. The molecular weight excluding hydrogens is 286 g/mol. The molecule has 1 aliphatic rings. The number of carbonyl (C=O) groups excluding carboxylic acids is 1. The highest BCUT2D eigenvalue weighted by Crippen LogP contribution is 2.32. The number of ether oxygens (including phenoxy) is 2. The van der Waals surface area contributed by atoms with Gasteiger partial charge in [0, 0.05) is 13.1 Å². The summed E-state index contributed by atoms with van der Waals surface area (Å²) in [5.41, 5.74) is 1.05. The summed E-state index contributed by atoms with van der Waals surface area (Å²) in [6.45, 7) is 3.53. The fraction of sp³-hybridized carbons (Fsp3) is 0.417. The van der Waals surface area contributed by atoms with Crippen LogP contribution < -0.4 is 9.47 Å². The average molecular weight is 300 g/mol. The lowest BCUT2D eigenvalue weighted by molar-refractivity contribution is -0.128. The zero-order valence-electron chi connectivity index (χ0n) is 9.61. The lowest BCUT2D eigenvalue weighted by Crippen LogP contribution is -2.31. The largest absolute Gasteiger partial charge is 0.454 e. The maximum Gasteiger partial charge on any atom is 0.233 e. The van der Waals surface area contributed by atoms with Gasteiger partial charge in [-0.2, -0.15) is 0 Å². The van der Waals surface area contributed by atoms with Gasteiger partial charge in [0.25, 0.3) is 0 Å². The van der Waals surface area contributed by atoms with Crippen LogP contribution >= 0.6 is 15.9 Å². The van der Waals surface area contributed by atoms with Gasteiger partial charge in [0.1, 0.15) is 0 Å². The Morgan fingerprint density at radius 3 is 2.88 bits per heavy atom. The molecular formula is C12H14BrNO3. The second kappa shape index (κ2) is 5.40. The summed E-state index contributed by atoms with van der Waals surface area (Å²) in [5.74, 6) is 1.61. The molecule has 1 heterocycles. The van der Waals surface area contributed by atoms with Gasteiger partial charge in [-0.05, 0) is 24.6 Å². The summed E-state index contributed by atoms with van der Waals surface area (Å²) in [6, 6.07) is 5.76. The van der Waals surface area contributed by atoms with Crippen molar-refractivity contribution in [3.8, 4) is 11.5 Å². The van der Waals surface area contributed by atoms with E-state index in [2.05, 4.69) is 15.9 Å². The fourth-order valence-electron chi connectivity index (χ4n) is 1.72. The molecule has 0 unspecified atom stereocenters. The summed E-state index contributed by atoms with van der Waals surface area (Å²) >= 11 is 3.18. The van der Waals surface area contributed by atoms with Gasteiger partial charge >= 0.3 is 0 Å². The molecule has 4 nitrogen and oxygen atoms in total. The van der Waals surface area contributed by atoms with Gasteiger partial charge in [-0.25, -0.2) is 0 Å². The Balaban J connectivity index is 2.10. The number of hydrogen-bond donors (Lipinski definition) is 0. The monoisotopic (exact) mass is 299 g/mol. The van der Waals surface area contributed by atoms with Crippen LogP contribution in [0.5, 0.6) is 11.5 Å². The molecule has 5 heteroatoms. The van der Waals surface area contributed by atoms with Crippen molar-refractivity contribution in [1.29, 1.82) is 0 Å². The Kier molecular flexibility index (Phi) is 3.89. The van der Waals surface area contributed by atoms with Crippen LogP contribution in [0.25, 0.3) is 0 Å². The molecule has 0 aromatic heterocycles. The first kappa shape index (κ1) is 12.2. The smallest absolute Gasteiger partial charge is 0.233 e. The minimum Gasteiger partial charge on any atom is -0.454 e. The van der Waals surface area contributed by atoms with Crippen molar-refractivity contribution in [3.63, 3.8) is 0 Å². The number of rotatable bonds is 4. The van der Waals surface area contributed by atoms with E-state index in [1.807, 2.05) is 25.1 Å². The van der Waals surface area contributed by atoms with Crippen molar-refractivity contribution in [1.82, 2.24) is 4.90 Å². The van der Waals surface area contributed by atoms with Gasteiger partial charge in [0.15, 0.2) is 11.5 Å². The van der Waals surface area contributed by atoms with Crippen LogP contribution in [-0.2, 0) is 11.3 Å². The Labute approximate surface area is 109 Å². The number of fused-ring (bicyclic) bond motifs is 1. The van der Waals surface area contributed by atoms with Crippen LogP contribution in [0.4, 0.5) is 0 Å². The first-order valence-electron chi connectivity index (χ1n) is 5.47. The zero-order valence-corrected chi connectivity index (χ0v) is 11.2. The van der Waals surface area contributed by atoms with Crippen molar-refractivity contribution < 1.29 is 14.3 Å². The lowest BCUT2D eigenvalue weighted by Gasteiger charge is -2.19. The van der Waals surface area contributed by atoms with E-state index in [9.17, 15) is 4.79 Å². The first-order chi connectivity index (χ1) is 8.24. The van der Waals surface area contributed by atoms with E-state index in [1.165, 1.54) is 0 Å². The van der Waals surface area contributed by atoms with Crippen molar-refractivity contribution in [2.75, 3.05) is 18.7 Å². The summed E-state index contributed by atoms with van der Waals surface area (Å²) in [4.78, 5) is 13.4. The van der Waals surface area contributed by atoms with Crippen molar-refractivity contribution in [3.05, 3.63) is 23.8 Å². The minimum atomic E-state index is 0.0881. The normalized spacial score (nSPS) is 12.6. The van der Waals surface area contributed by atoms with Crippen molar-refractivity contribution >= 4 is 21.8 Å². The minimum absolute atomic E-state index is 0.0881. The lowest BCUT2D eigenvalue weighted by atomic mass is 10.2. The third-order valence-corrected chi connectivity index (χ3v) is 3.14. The number of benzene rings is 1. The number of alkyl halides is 1. The Morgan fingerprint density at radius 2 is 2.18 bits per heavy atom. The third-order valence-electron chi connectivity index (χ3n) is 2.66. The van der Waals surface area contributed by atoms with Crippen LogP contribution in [0.2, 0.25) is 0 Å². The van der Waals surface area contributed by atoms with Crippen molar-refractivity contribution in [2.24, 2.45) is 0 Å². The molecule has 17 heavy (non-hydrogen) atoms. The average Bonchev–Trinajstić information content (AvgIpc) is 2.82. The standard InChI is InChI=1S/C12H14BrNO3/c1-2-14(12(15)6-13)7-9-3-4-10-11(5-9)17-8-16-10/h3-5H,2,6-8H2,1H3. The quantitative estimate of drug-likeness (QED) is 0.800. The Morgan fingerprint density at radius 1 is 1.41 bits per heavy atom. The third kappa shape index (κ3) is 2.72. The van der Waals surface area contributed by atoms with Crippen LogP contribution in [0, 0.1) is 0 Å². The van der Waals surface area contributed by atoms with Crippen LogP contribution in [-0.4, -0.2) is 29.5 Å². The van der Waals surface area contributed by atoms with Gasteiger partial charge in [-0.15, -0.1) is 0 Å². The molecule has 0 spiro atoms. The molecule has 0 fully saturated rings. The molecule has 0 bridgehead atoms. The van der Waals surface area contributed by atoms with E-state index < -0.39 is 0 Å². The predicted molar refractivity (Wildman–Crippen MR) is 67.5 cm³/mol. The second-order valence-corrected chi connectivity index (χ2v) is 4.29. The molecule has 1 aromatic carbocycles. The molecule has 1 aliphatic heterocycles. The van der Waals surface area contributed by atoms with E-state index >= 15 is 0 Å². The molecule has 0 saturated carbocycles. The highest BCUT2D eigenvalue weighted by atomic mass is 79.9. The number of carbonyl (C=O) groups is 1. The topological polar surface area (TPSA) is 38.8 Å². The summed E-state index contributed by atoms with van der Waals surface area (Å²) in [5, 5.41) is 0.353. The molecule has 0 atom stereocenters. The van der Waals surface area contributed by atoms with Crippen LogP contribution in [0.15, 0.2) is 18.2 Å². The fourth-order valence-corrected chi connectivity index (χ4v) is 2.08. The Bertz CT molecular complexity index is 422. The van der Waals surface area contributed by atoms with Gasteiger partial charge < -0.3 is 14.4 Å². The van der Waals surface area contributed by atoms with Gasteiger partial charge in [0.05, 0.1) is 5.33 Å². The SMILES string of the molecule is CCN(Cc1ccc2c(c1)OCO2)C(=O)CBr. The summed E-state index contributed by atoms with van der Waals surface area (Å²) in [7, 11) is 0. The molecule has 0 radical (unpaired) electrons. The number of amides is 1. The molecule has 0 N–H and O–H groups in total. The van der Waals surface area contributed by atoms with E-state index in [-0.39, 0.29) is 12.7 Å². The van der Waals surface area contributed by atoms with Gasteiger partial charge in [0.2, 0.25) is 12.7 Å². The maximum atomic E-state index is 11.6. The van der Waals surface area contributed by atoms with Crippen LogP contribution in [0.1, 0.15) is 12.5 Å². The zero-order chi connectivity index (χ0) is 12.3. The molecule has 1 aromatic rings. The van der Waals surface area contributed by atoms with E-state index in [4.69, 9.17) is 9.47 Å². The van der Waals surface area contributed by atoms with Crippen LogP contribution in [0.3, 0.4) is 0 Å². The number of nitrogens with zero attached hydrogens (tertiary/aromatic N) is 1. The highest BCUT2D eigenvalue weighted by molar-refractivity contribution is 9.09. The number of halogens is 1. The number of hydrogen-bond acceptors (Lipinski definition) is 3. The Hall–Kier alpha value is -1.23. The van der Waals surface area contributed by atoms with Gasteiger partial charge in [-0.3, -0.25) is 4.79 Å². The first-order valence-corrected chi connectivity index (χ1v) is 6.59. The van der Waals surface area contributed by atoms with Gasteiger partial charge in [-0.1, -0.05) is 22.0 Å². The molecule has 0 aliphatic carbocycles.